The first-order valence-electron chi connectivity index (χ1n) is 8.87. The molecule has 0 saturated carbocycles. The van der Waals surface area contributed by atoms with Crippen LogP contribution in [-0.2, 0) is 4.79 Å². The third kappa shape index (κ3) is 4.93. The summed E-state index contributed by atoms with van der Waals surface area (Å²) in [7, 11) is 0. The van der Waals surface area contributed by atoms with Crippen LogP contribution in [-0.4, -0.2) is 32.6 Å². The quantitative estimate of drug-likeness (QED) is 0.624. The molecule has 0 aliphatic rings. The van der Waals surface area contributed by atoms with Crippen molar-refractivity contribution in [1.82, 2.24) is 25.4 Å². The molecule has 9 heteroatoms. The van der Waals surface area contributed by atoms with Gasteiger partial charge in [-0.05, 0) is 43.7 Å². The molecule has 29 heavy (non-hydrogen) atoms. The Labute approximate surface area is 178 Å². The number of carbonyl (C=O) groups excluding carboxylic acids is 2. The Morgan fingerprint density at radius 2 is 1.76 bits per heavy atom. The van der Waals surface area contributed by atoms with E-state index < -0.39 is 11.9 Å². The van der Waals surface area contributed by atoms with Gasteiger partial charge < -0.3 is 10.6 Å². The van der Waals surface area contributed by atoms with Gasteiger partial charge in [-0.1, -0.05) is 41.4 Å². The lowest BCUT2D eigenvalue weighted by atomic mass is 10.1. The number of hydrogen-bond acceptors (Lipinski definition) is 4. The summed E-state index contributed by atoms with van der Waals surface area (Å²) in [5, 5.41) is 10.0. The number of benzene rings is 2. The first-order chi connectivity index (χ1) is 13.9. The standard InChI is InChI=1S/C20H19Cl2N5O2/c1-12(14-6-8-15(9-7-14)27-11-23-10-24-27)25-19(28)13(2)26-20(29)16-4-3-5-17(21)18(16)22/h3-13H,1-2H3,(H,25,28)(H,26,29). The molecule has 2 unspecified atom stereocenters. The van der Waals surface area contributed by atoms with Crippen molar-refractivity contribution in [3.63, 3.8) is 0 Å². The maximum absolute atomic E-state index is 12.5. The molecule has 7 nitrogen and oxygen atoms in total. The van der Waals surface area contributed by atoms with Crippen LogP contribution < -0.4 is 10.6 Å². The second-order valence-electron chi connectivity index (χ2n) is 6.46. The fourth-order valence-corrected chi connectivity index (χ4v) is 3.08. The van der Waals surface area contributed by atoms with Crippen LogP contribution in [0.4, 0.5) is 0 Å². The number of nitrogens with one attached hydrogen (secondary N) is 2. The van der Waals surface area contributed by atoms with Crippen molar-refractivity contribution in [1.29, 1.82) is 0 Å². The van der Waals surface area contributed by atoms with Gasteiger partial charge in [-0.15, -0.1) is 0 Å². The van der Waals surface area contributed by atoms with Crippen LogP contribution in [0.25, 0.3) is 5.69 Å². The van der Waals surface area contributed by atoms with E-state index in [4.69, 9.17) is 23.2 Å². The van der Waals surface area contributed by atoms with E-state index in [-0.39, 0.29) is 27.6 Å². The van der Waals surface area contributed by atoms with Crippen LogP contribution in [0.5, 0.6) is 0 Å². The molecule has 0 saturated heterocycles. The molecule has 2 N–H and O–H groups in total. The molecule has 0 aliphatic heterocycles. The van der Waals surface area contributed by atoms with E-state index in [9.17, 15) is 9.59 Å². The van der Waals surface area contributed by atoms with Crippen LogP contribution in [0.3, 0.4) is 0 Å². The Balaban J connectivity index is 1.60. The lowest BCUT2D eigenvalue weighted by molar-refractivity contribution is -0.123. The van der Waals surface area contributed by atoms with E-state index in [0.717, 1.165) is 11.3 Å². The maximum atomic E-state index is 12.5. The zero-order chi connectivity index (χ0) is 21.0. The Bertz CT molecular complexity index is 1010. The van der Waals surface area contributed by atoms with Gasteiger partial charge in [0.1, 0.15) is 18.7 Å². The molecule has 3 aromatic rings. The molecule has 2 atom stereocenters. The Kier molecular flexibility index (Phi) is 6.51. The van der Waals surface area contributed by atoms with Gasteiger partial charge in [0.05, 0.1) is 27.3 Å². The molecule has 150 valence electrons. The van der Waals surface area contributed by atoms with Crippen molar-refractivity contribution in [3.05, 3.63) is 76.3 Å². The number of hydrogen-bond donors (Lipinski definition) is 2. The summed E-state index contributed by atoms with van der Waals surface area (Å²) in [5.41, 5.74) is 2.00. The Morgan fingerprint density at radius 1 is 1.03 bits per heavy atom. The van der Waals surface area contributed by atoms with Crippen molar-refractivity contribution in [2.45, 2.75) is 25.9 Å². The van der Waals surface area contributed by atoms with Crippen molar-refractivity contribution >= 4 is 35.0 Å². The molecule has 0 radical (unpaired) electrons. The van der Waals surface area contributed by atoms with Gasteiger partial charge in [-0.3, -0.25) is 9.59 Å². The number of carbonyl (C=O) groups is 2. The van der Waals surface area contributed by atoms with Crippen LogP contribution in [0.1, 0.15) is 35.8 Å². The summed E-state index contributed by atoms with van der Waals surface area (Å²) >= 11 is 12.0. The monoisotopic (exact) mass is 431 g/mol. The van der Waals surface area contributed by atoms with E-state index in [1.165, 1.54) is 6.33 Å². The van der Waals surface area contributed by atoms with Gasteiger partial charge >= 0.3 is 0 Å². The van der Waals surface area contributed by atoms with E-state index in [0.29, 0.717) is 0 Å². The number of rotatable bonds is 6. The van der Waals surface area contributed by atoms with Gasteiger partial charge in [0.2, 0.25) is 5.91 Å². The second kappa shape index (κ2) is 9.07. The number of nitrogens with zero attached hydrogens (tertiary/aromatic N) is 3. The third-order valence-corrected chi connectivity index (χ3v) is 5.19. The van der Waals surface area contributed by atoms with E-state index in [1.807, 2.05) is 31.2 Å². The smallest absolute Gasteiger partial charge is 0.253 e. The average molecular weight is 432 g/mol. The summed E-state index contributed by atoms with van der Waals surface area (Å²) in [6, 6.07) is 11.3. The van der Waals surface area contributed by atoms with Crippen molar-refractivity contribution < 1.29 is 9.59 Å². The summed E-state index contributed by atoms with van der Waals surface area (Å²) in [6.07, 6.45) is 3.07. The molecule has 0 fully saturated rings. The topological polar surface area (TPSA) is 88.9 Å². The fraction of sp³-hybridized carbons (Fsp3) is 0.200. The number of halogens is 2. The second-order valence-corrected chi connectivity index (χ2v) is 7.24. The maximum Gasteiger partial charge on any atom is 0.253 e. The highest BCUT2D eigenvalue weighted by Gasteiger charge is 2.20. The molecule has 2 aromatic carbocycles. The largest absolute Gasteiger partial charge is 0.348 e. The SMILES string of the molecule is CC(NC(=O)c1cccc(Cl)c1Cl)C(=O)NC(C)c1ccc(-n2cncn2)cc1. The molecule has 2 amide bonds. The number of amides is 2. The highest BCUT2D eigenvalue weighted by molar-refractivity contribution is 6.43. The molecule has 3 rings (SSSR count). The minimum atomic E-state index is -0.755. The molecule has 1 aromatic heterocycles. The predicted molar refractivity (Wildman–Crippen MR) is 111 cm³/mol. The van der Waals surface area contributed by atoms with Crippen LogP contribution >= 0.6 is 23.2 Å². The van der Waals surface area contributed by atoms with Gasteiger partial charge in [0, 0.05) is 0 Å². The van der Waals surface area contributed by atoms with Gasteiger partial charge in [0.15, 0.2) is 0 Å². The molecule has 0 bridgehead atoms. The normalized spacial score (nSPS) is 12.8. The fourth-order valence-electron chi connectivity index (χ4n) is 2.70. The lowest BCUT2D eigenvalue weighted by Crippen LogP contribution is -2.45. The van der Waals surface area contributed by atoms with E-state index in [2.05, 4.69) is 20.7 Å². The first-order valence-corrected chi connectivity index (χ1v) is 9.62. The Morgan fingerprint density at radius 3 is 2.41 bits per heavy atom. The predicted octanol–water partition coefficient (Wildman–Crippen LogP) is 3.57. The zero-order valence-corrected chi connectivity index (χ0v) is 17.3. The van der Waals surface area contributed by atoms with Crippen molar-refractivity contribution in [2.75, 3.05) is 0 Å². The van der Waals surface area contributed by atoms with Gasteiger partial charge in [-0.2, -0.15) is 5.10 Å². The molecule has 1 heterocycles. The minimum absolute atomic E-state index is 0.153. The molecule has 0 spiro atoms. The van der Waals surface area contributed by atoms with Crippen LogP contribution in [0, 0.1) is 0 Å². The lowest BCUT2D eigenvalue weighted by Gasteiger charge is -2.19. The third-order valence-electron chi connectivity index (χ3n) is 4.37. The van der Waals surface area contributed by atoms with E-state index >= 15 is 0 Å². The van der Waals surface area contributed by atoms with Crippen molar-refractivity contribution in [3.8, 4) is 5.69 Å². The van der Waals surface area contributed by atoms with Crippen LogP contribution in [0.15, 0.2) is 55.1 Å². The average Bonchev–Trinajstić information content (AvgIpc) is 3.24. The highest BCUT2D eigenvalue weighted by Crippen LogP contribution is 2.25. The minimum Gasteiger partial charge on any atom is -0.348 e. The van der Waals surface area contributed by atoms with Gasteiger partial charge in [-0.25, -0.2) is 9.67 Å². The summed E-state index contributed by atoms with van der Waals surface area (Å²) in [4.78, 5) is 28.8. The molecule has 0 aliphatic carbocycles. The van der Waals surface area contributed by atoms with Crippen LogP contribution in [0.2, 0.25) is 10.0 Å². The van der Waals surface area contributed by atoms with Crippen molar-refractivity contribution in [2.24, 2.45) is 0 Å². The molecular formula is C20H19Cl2N5O2. The summed E-state index contributed by atoms with van der Waals surface area (Å²) < 4.78 is 1.64. The molecular weight excluding hydrogens is 413 g/mol. The number of aromatic nitrogens is 3. The first kappa shape index (κ1) is 20.8. The Hall–Kier alpha value is -2.90. The van der Waals surface area contributed by atoms with E-state index in [1.54, 1.807) is 36.1 Å². The highest BCUT2D eigenvalue weighted by atomic mass is 35.5. The van der Waals surface area contributed by atoms with Gasteiger partial charge in [0.25, 0.3) is 5.91 Å². The zero-order valence-electron chi connectivity index (χ0n) is 15.8. The summed E-state index contributed by atoms with van der Waals surface area (Å²) in [6.45, 7) is 3.47. The summed E-state index contributed by atoms with van der Waals surface area (Å²) in [5.74, 6) is -0.783.